The summed E-state index contributed by atoms with van der Waals surface area (Å²) in [7, 11) is 2.14. The summed E-state index contributed by atoms with van der Waals surface area (Å²) in [6.07, 6.45) is 5.97. The van der Waals surface area contributed by atoms with Crippen LogP contribution in [0.3, 0.4) is 0 Å². The fraction of sp³-hybridized carbons (Fsp3) is 0.304. The van der Waals surface area contributed by atoms with Crippen LogP contribution in [-0.2, 0) is 6.54 Å². The van der Waals surface area contributed by atoms with Crippen LogP contribution in [-0.4, -0.2) is 51.8 Å². The molecule has 1 aromatic heterocycles. The topological polar surface area (TPSA) is 67.6 Å². The number of rotatable bonds is 6. The Balaban J connectivity index is 1.49. The van der Waals surface area contributed by atoms with Crippen molar-refractivity contribution in [2.24, 2.45) is 0 Å². The van der Waals surface area contributed by atoms with Crippen molar-refractivity contribution in [2.75, 3.05) is 20.1 Å². The van der Waals surface area contributed by atoms with Crippen LogP contribution in [0.2, 0.25) is 0 Å². The molecule has 0 spiro atoms. The highest BCUT2D eigenvalue weighted by Crippen LogP contribution is 2.24. The summed E-state index contributed by atoms with van der Waals surface area (Å²) in [5.41, 5.74) is 2.04. The third kappa shape index (κ3) is 4.49. The zero-order valence-electron chi connectivity index (χ0n) is 16.5. The number of piperidine rings is 1. The highest BCUT2D eigenvalue weighted by molar-refractivity contribution is 5.89. The minimum atomic E-state index is -0.919. The molecule has 1 saturated heterocycles. The van der Waals surface area contributed by atoms with Crippen LogP contribution >= 0.6 is 0 Å². The predicted octanol–water partition coefficient (Wildman–Crippen LogP) is 3.77. The summed E-state index contributed by atoms with van der Waals surface area (Å²) >= 11 is 0. The number of aromatic nitrogens is 2. The largest absolute Gasteiger partial charge is 0.490 e. The van der Waals surface area contributed by atoms with Gasteiger partial charge in [-0.3, -0.25) is 0 Å². The number of hydrogen-bond acceptors (Lipinski definition) is 4. The van der Waals surface area contributed by atoms with Crippen LogP contribution in [0.25, 0.3) is 11.4 Å². The maximum Gasteiger partial charge on any atom is 0.336 e. The molecule has 1 N–H and O–H groups in total. The van der Waals surface area contributed by atoms with Crippen molar-refractivity contribution in [1.82, 2.24) is 14.5 Å². The van der Waals surface area contributed by atoms with Gasteiger partial charge in [-0.15, -0.1) is 0 Å². The lowest BCUT2D eigenvalue weighted by atomic mass is 10.1. The van der Waals surface area contributed by atoms with Crippen molar-refractivity contribution in [3.8, 4) is 17.1 Å². The van der Waals surface area contributed by atoms with Gasteiger partial charge < -0.3 is 19.3 Å². The van der Waals surface area contributed by atoms with Gasteiger partial charge in [-0.05, 0) is 55.8 Å². The first-order valence-electron chi connectivity index (χ1n) is 9.88. The maximum absolute atomic E-state index is 11.5. The first-order chi connectivity index (χ1) is 14.1. The van der Waals surface area contributed by atoms with Gasteiger partial charge in [0.15, 0.2) is 0 Å². The number of aromatic carboxylic acids is 1. The smallest absolute Gasteiger partial charge is 0.336 e. The maximum atomic E-state index is 11.5. The minimum Gasteiger partial charge on any atom is -0.490 e. The summed E-state index contributed by atoms with van der Waals surface area (Å²) in [6.45, 7) is 2.58. The zero-order valence-corrected chi connectivity index (χ0v) is 16.5. The molecule has 0 unspecified atom stereocenters. The lowest BCUT2D eigenvalue weighted by Gasteiger charge is -2.29. The van der Waals surface area contributed by atoms with E-state index in [9.17, 15) is 9.90 Å². The summed E-state index contributed by atoms with van der Waals surface area (Å²) in [5, 5.41) is 9.42. The third-order valence-electron chi connectivity index (χ3n) is 5.38. The summed E-state index contributed by atoms with van der Waals surface area (Å²) < 4.78 is 8.09. The molecular weight excluding hydrogens is 366 g/mol. The molecule has 1 aliphatic heterocycles. The van der Waals surface area contributed by atoms with Gasteiger partial charge in [0.2, 0.25) is 0 Å². The van der Waals surface area contributed by atoms with Gasteiger partial charge in [-0.25, -0.2) is 9.78 Å². The second kappa shape index (κ2) is 8.49. The van der Waals surface area contributed by atoms with Gasteiger partial charge in [0.05, 0.1) is 5.56 Å². The number of carbonyl (C=O) groups is 1. The van der Waals surface area contributed by atoms with Gasteiger partial charge in [-0.1, -0.05) is 18.2 Å². The number of carboxylic acids is 1. The number of ether oxygens (including phenoxy) is 1. The van der Waals surface area contributed by atoms with Crippen molar-refractivity contribution < 1.29 is 14.6 Å². The molecule has 2 aromatic carbocycles. The standard InChI is InChI=1S/C23H25N3O3/c1-25-13-10-20(11-14-25)29-19-8-6-17(7-9-19)22-24-12-15-26(22)16-18-4-2-3-5-21(18)23(27)28/h2-9,12,15,20H,10-11,13-14,16H2,1H3,(H,27,28). The number of benzene rings is 2. The van der Waals surface area contributed by atoms with E-state index in [1.807, 2.05) is 47.2 Å². The Morgan fingerprint density at radius 3 is 2.59 bits per heavy atom. The van der Waals surface area contributed by atoms with Gasteiger partial charge in [0.25, 0.3) is 0 Å². The fourth-order valence-corrected chi connectivity index (χ4v) is 3.73. The third-order valence-corrected chi connectivity index (χ3v) is 5.38. The van der Waals surface area contributed by atoms with E-state index < -0.39 is 5.97 Å². The van der Waals surface area contributed by atoms with Crippen molar-refractivity contribution in [3.63, 3.8) is 0 Å². The normalized spacial score (nSPS) is 15.3. The minimum absolute atomic E-state index is 0.270. The Bertz CT molecular complexity index is 973. The first-order valence-corrected chi connectivity index (χ1v) is 9.88. The van der Waals surface area contributed by atoms with Crippen LogP contribution in [0, 0.1) is 0 Å². The van der Waals surface area contributed by atoms with E-state index in [4.69, 9.17) is 4.74 Å². The number of hydrogen-bond donors (Lipinski definition) is 1. The Labute approximate surface area is 170 Å². The van der Waals surface area contributed by atoms with Crippen molar-refractivity contribution >= 4 is 5.97 Å². The molecule has 6 heteroatoms. The molecule has 0 aliphatic carbocycles. The van der Waals surface area contributed by atoms with E-state index in [0.717, 1.165) is 48.6 Å². The predicted molar refractivity (Wildman–Crippen MR) is 111 cm³/mol. The van der Waals surface area contributed by atoms with Gasteiger partial charge >= 0.3 is 5.97 Å². The molecule has 1 aliphatic rings. The van der Waals surface area contributed by atoms with Gasteiger partial charge in [0, 0.05) is 37.6 Å². The van der Waals surface area contributed by atoms with Gasteiger partial charge in [0.1, 0.15) is 17.7 Å². The quantitative estimate of drug-likeness (QED) is 0.693. The van der Waals surface area contributed by atoms with Crippen molar-refractivity contribution in [1.29, 1.82) is 0 Å². The molecule has 3 aromatic rings. The Morgan fingerprint density at radius 2 is 1.86 bits per heavy atom. The molecule has 150 valence electrons. The number of imidazole rings is 1. The average molecular weight is 391 g/mol. The average Bonchev–Trinajstić information content (AvgIpc) is 3.19. The molecule has 1 fully saturated rings. The highest BCUT2D eigenvalue weighted by Gasteiger charge is 2.18. The van der Waals surface area contributed by atoms with Crippen LogP contribution in [0.1, 0.15) is 28.8 Å². The Morgan fingerprint density at radius 1 is 1.14 bits per heavy atom. The zero-order chi connectivity index (χ0) is 20.2. The summed E-state index contributed by atoms with van der Waals surface area (Å²) in [6, 6.07) is 15.0. The van der Waals surface area contributed by atoms with Crippen LogP contribution in [0.4, 0.5) is 0 Å². The molecule has 4 rings (SSSR count). The van der Waals surface area contributed by atoms with E-state index in [1.165, 1.54) is 0 Å². The van der Waals surface area contributed by atoms with Crippen molar-refractivity contribution in [3.05, 3.63) is 72.1 Å². The van der Waals surface area contributed by atoms with Crippen molar-refractivity contribution in [2.45, 2.75) is 25.5 Å². The first kappa shape index (κ1) is 19.2. The molecule has 0 bridgehead atoms. The molecule has 29 heavy (non-hydrogen) atoms. The molecule has 0 saturated carbocycles. The molecule has 0 atom stereocenters. The highest BCUT2D eigenvalue weighted by atomic mass is 16.5. The molecular formula is C23H25N3O3. The molecule has 6 nitrogen and oxygen atoms in total. The molecule has 0 radical (unpaired) electrons. The Hall–Kier alpha value is -3.12. The summed E-state index contributed by atoms with van der Waals surface area (Å²) in [5.74, 6) is 0.756. The van der Waals surface area contributed by atoms with E-state index in [-0.39, 0.29) is 6.10 Å². The summed E-state index contributed by atoms with van der Waals surface area (Å²) in [4.78, 5) is 18.3. The second-order valence-corrected chi connectivity index (χ2v) is 7.49. The Kier molecular flexibility index (Phi) is 5.62. The van der Waals surface area contributed by atoms with E-state index in [2.05, 4.69) is 16.9 Å². The lowest BCUT2D eigenvalue weighted by molar-refractivity contribution is 0.0695. The van der Waals surface area contributed by atoms with E-state index in [1.54, 1.807) is 18.3 Å². The SMILES string of the molecule is CN1CCC(Oc2ccc(-c3nccn3Cc3ccccc3C(=O)O)cc2)CC1. The fourth-order valence-electron chi connectivity index (χ4n) is 3.73. The monoisotopic (exact) mass is 391 g/mol. The number of nitrogens with zero attached hydrogens (tertiary/aromatic N) is 3. The molecule has 2 heterocycles. The molecule has 0 amide bonds. The van der Waals surface area contributed by atoms with Crippen LogP contribution in [0.5, 0.6) is 5.75 Å². The van der Waals surface area contributed by atoms with Crippen LogP contribution < -0.4 is 4.74 Å². The van der Waals surface area contributed by atoms with Crippen LogP contribution in [0.15, 0.2) is 60.9 Å². The van der Waals surface area contributed by atoms with E-state index in [0.29, 0.717) is 12.1 Å². The second-order valence-electron chi connectivity index (χ2n) is 7.49. The number of carboxylic acid groups (broad SMARTS) is 1. The lowest BCUT2D eigenvalue weighted by Crippen LogP contribution is -2.35. The van der Waals surface area contributed by atoms with E-state index >= 15 is 0 Å². The van der Waals surface area contributed by atoms with Gasteiger partial charge in [-0.2, -0.15) is 0 Å². The number of likely N-dealkylation sites (tertiary alicyclic amines) is 1.